The minimum Gasteiger partial charge on any atom is -0.480 e. The zero-order chi connectivity index (χ0) is 18.4. The van der Waals surface area contributed by atoms with Crippen LogP contribution in [0.5, 0.6) is 0 Å². The van der Waals surface area contributed by atoms with Gasteiger partial charge in [0.2, 0.25) is 0 Å². The van der Waals surface area contributed by atoms with Crippen molar-refractivity contribution in [2.75, 3.05) is 0 Å². The fourth-order valence-corrected chi connectivity index (χ4v) is 2.67. The van der Waals surface area contributed by atoms with E-state index in [4.69, 9.17) is 4.74 Å². The maximum atomic E-state index is 12.0. The smallest absolute Gasteiger partial charge is 0.408 e. The summed E-state index contributed by atoms with van der Waals surface area (Å²) in [5.41, 5.74) is 1.58. The number of rotatable bonds is 6. The number of carbonyl (C=O) groups excluding carboxylic acids is 1. The van der Waals surface area contributed by atoms with E-state index in [0.717, 1.165) is 21.9 Å². The number of carboxylic acid groups (broad SMARTS) is 1. The Balaban J connectivity index is 1.67. The molecular formula is C20H18N2O4. The van der Waals surface area contributed by atoms with Crippen molar-refractivity contribution in [1.29, 1.82) is 0 Å². The van der Waals surface area contributed by atoms with E-state index in [1.54, 1.807) is 12.4 Å². The van der Waals surface area contributed by atoms with Crippen LogP contribution in [0.15, 0.2) is 67.0 Å². The zero-order valence-electron chi connectivity index (χ0n) is 14.0. The number of fused-ring (bicyclic) bond motifs is 1. The Morgan fingerprint density at radius 3 is 2.54 bits per heavy atom. The molecule has 1 aromatic heterocycles. The monoisotopic (exact) mass is 350 g/mol. The van der Waals surface area contributed by atoms with Crippen LogP contribution in [0.1, 0.15) is 11.1 Å². The number of amides is 1. The molecule has 2 N–H and O–H groups in total. The van der Waals surface area contributed by atoms with Gasteiger partial charge in [0.15, 0.2) is 0 Å². The molecule has 0 radical (unpaired) electrons. The summed E-state index contributed by atoms with van der Waals surface area (Å²) in [6.07, 6.45) is 2.68. The molecule has 0 aliphatic rings. The summed E-state index contributed by atoms with van der Waals surface area (Å²) in [5, 5.41) is 13.7. The van der Waals surface area contributed by atoms with Crippen LogP contribution in [0.2, 0.25) is 0 Å². The van der Waals surface area contributed by atoms with Crippen LogP contribution >= 0.6 is 0 Å². The van der Waals surface area contributed by atoms with E-state index >= 15 is 0 Å². The van der Waals surface area contributed by atoms with Crippen molar-refractivity contribution in [2.24, 2.45) is 0 Å². The maximum Gasteiger partial charge on any atom is 0.408 e. The molecule has 6 nitrogen and oxygen atoms in total. The van der Waals surface area contributed by atoms with Crippen LogP contribution in [0.4, 0.5) is 4.79 Å². The third-order valence-electron chi connectivity index (χ3n) is 3.98. The molecule has 26 heavy (non-hydrogen) atoms. The van der Waals surface area contributed by atoms with Gasteiger partial charge in [-0.15, -0.1) is 0 Å². The van der Waals surface area contributed by atoms with Gasteiger partial charge in [-0.05, 0) is 16.5 Å². The van der Waals surface area contributed by atoms with E-state index < -0.39 is 18.1 Å². The van der Waals surface area contributed by atoms with Gasteiger partial charge in [-0.1, -0.05) is 54.6 Å². The number of carbonyl (C=O) groups is 2. The van der Waals surface area contributed by atoms with Gasteiger partial charge >= 0.3 is 12.1 Å². The van der Waals surface area contributed by atoms with Crippen LogP contribution in [-0.2, 0) is 22.6 Å². The van der Waals surface area contributed by atoms with Crippen molar-refractivity contribution >= 4 is 22.8 Å². The summed E-state index contributed by atoms with van der Waals surface area (Å²) in [6.45, 7) is 0.0782. The highest BCUT2D eigenvalue weighted by molar-refractivity contribution is 5.86. The molecule has 1 amide bonds. The molecule has 0 aliphatic heterocycles. The van der Waals surface area contributed by atoms with Crippen LogP contribution < -0.4 is 5.32 Å². The second-order valence-corrected chi connectivity index (χ2v) is 5.82. The number of carboxylic acids is 1. The van der Waals surface area contributed by atoms with Gasteiger partial charge in [-0.25, -0.2) is 9.59 Å². The molecule has 1 heterocycles. The Labute approximate surface area is 150 Å². The molecule has 0 saturated carbocycles. The molecule has 1 atom stereocenters. The van der Waals surface area contributed by atoms with Crippen molar-refractivity contribution in [3.8, 4) is 0 Å². The lowest BCUT2D eigenvalue weighted by Gasteiger charge is -2.15. The van der Waals surface area contributed by atoms with Gasteiger partial charge in [0.05, 0.1) is 0 Å². The molecule has 1 unspecified atom stereocenters. The van der Waals surface area contributed by atoms with Crippen LogP contribution in [0.3, 0.4) is 0 Å². The lowest BCUT2D eigenvalue weighted by Crippen LogP contribution is -2.42. The Bertz CT molecular complexity index is 907. The quantitative estimate of drug-likeness (QED) is 0.713. The molecule has 0 fully saturated rings. The molecule has 0 spiro atoms. The Morgan fingerprint density at radius 1 is 1.04 bits per heavy atom. The molecule has 3 aromatic rings. The normalized spacial score (nSPS) is 11.7. The SMILES string of the molecule is O=C(NC(Cc1cncc2ccccc12)C(=O)O)OCc1ccccc1. The first-order valence-corrected chi connectivity index (χ1v) is 8.15. The predicted molar refractivity (Wildman–Crippen MR) is 96.6 cm³/mol. The van der Waals surface area contributed by atoms with E-state index in [0.29, 0.717) is 0 Å². The van der Waals surface area contributed by atoms with E-state index in [1.807, 2.05) is 54.6 Å². The largest absolute Gasteiger partial charge is 0.480 e. The van der Waals surface area contributed by atoms with Gasteiger partial charge in [0.25, 0.3) is 0 Å². The van der Waals surface area contributed by atoms with Crippen molar-refractivity contribution in [3.05, 3.63) is 78.1 Å². The number of alkyl carbamates (subject to hydrolysis) is 1. The van der Waals surface area contributed by atoms with E-state index in [2.05, 4.69) is 10.3 Å². The average Bonchev–Trinajstić information content (AvgIpc) is 2.67. The molecule has 2 aromatic carbocycles. The van der Waals surface area contributed by atoms with Crippen LogP contribution in [-0.4, -0.2) is 28.2 Å². The Kier molecular flexibility index (Phi) is 5.43. The van der Waals surface area contributed by atoms with Gasteiger partial charge < -0.3 is 15.2 Å². The summed E-state index contributed by atoms with van der Waals surface area (Å²) in [5.74, 6) is -1.13. The second kappa shape index (κ2) is 8.11. The molecular weight excluding hydrogens is 332 g/mol. The number of benzene rings is 2. The second-order valence-electron chi connectivity index (χ2n) is 5.82. The number of nitrogens with one attached hydrogen (secondary N) is 1. The fourth-order valence-electron chi connectivity index (χ4n) is 2.67. The first-order chi connectivity index (χ1) is 12.6. The first kappa shape index (κ1) is 17.4. The predicted octanol–water partition coefficient (Wildman–Crippen LogP) is 3.16. The third kappa shape index (κ3) is 4.36. The zero-order valence-corrected chi connectivity index (χ0v) is 14.0. The fraction of sp³-hybridized carbons (Fsp3) is 0.150. The van der Waals surface area contributed by atoms with Crippen LogP contribution in [0.25, 0.3) is 10.8 Å². The molecule has 0 saturated heterocycles. The van der Waals surface area contributed by atoms with Gasteiger partial charge in [0, 0.05) is 24.2 Å². The minimum absolute atomic E-state index is 0.0782. The molecule has 132 valence electrons. The number of hydrogen-bond acceptors (Lipinski definition) is 4. The number of nitrogens with zero attached hydrogens (tertiary/aromatic N) is 1. The van der Waals surface area contributed by atoms with E-state index in [1.165, 1.54) is 0 Å². The van der Waals surface area contributed by atoms with Gasteiger partial charge in [-0.3, -0.25) is 4.98 Å². The maximum absolute atomic E-state index is 12.0. The minimum atomic E-state index is -1.13. The van der Waals surface area contributed by atoms with Gasteiger partial charge in [-0.2, -0.15) is 0 Å². The van der Waals surface area contributed by atoms with Crippen molar-refractivity contribution in [1.82, 2.24) is 10.3 Å². The lowest BCUT2D eigenvalue weighted by atomic mass is 10.0. The van der Waals surface area contributed by atoms with Gasteiger partial charge in [0.1, 0.15) is 12.6 Å². The van der Waals surface area contributed by atoms with Crippen molar-refractivity contribution < 1.29 is 19.4 Å². The Hall–Kier alpha value is -3.41. The standard InChI is InChI=1S/C20H18N2O4/c23-19(24)18(22-20(25)26-13-14-6-2-1-3-7-14)10-16-12-21-11-15-8-4-5-9-17(15)16/h1-9,11-12,18H,10,13H2,(H,22,25)(H,23,24). The summed E-state index contributed by atoms with van der Waals surface area (Å²) >= 11 is 0. The average molecular weight is 350 g/mol. The highest BCUT2D eigenvalue weighted by Crippen LogP contribution is 2.18. The summed E-state index contributed by atoms with van der Waals surface area (Å²) < 4.78 is 5.10. The van der Waals surface area contributed by atoms with Crippen molar-refractivity contribution in [2.45, 2.75) is 19.1 Å². The molecule has 6 heteroatoms. The highest BCUT2D eigenvalue weighted by Gasteiger charge is 2.22. The van der Waals surface area contributed by atoms with E-state index in [-0.39, 0.29) is 13.0 Å². The molecule has 0 aliphatic carbocycles. The molecule has 0 bridgehead atoms. The summed E-state index contributed by atoms with van der Waals surface area (Å²) in [6, 6.07) is 15.7. The number of pyridine rings is 1. The number of aliphatic carboxylic acids is 1. The highest BCUT2D eigenvalue weighted by atomic mass is 16.5. The molecule has 3 rings (SSSR count). The number of ether oxygens (including phenoxy) is 1. The first-order valence-electron chi connectivity index (χ1n) is 8.15. The topological polar surface area (TPSA) is 88.5 Å². The lowest BCUT2D eigenvalue weighted by molar-refractivity contribution is -0.139. The summed E-state index contributed by atoms with van der Waals surface area (Å²) in [7, 11) is 0. The summed E-state index contributed by atoms with van der Waals surface area (Å²) in [4.78, 5) is 27.7. The number of aromatic nitrogens is 1. The van der Waals surface area contributed by atoms with E-state index in [9.17, 15) is 14.7 Å². The third-order valence-corrected chi connectivity index (χ3v) is 3.98. The van der Waals surface area contributed by atoms with Crippen molar-refractivity contribution in [3.63, 3.8) is 0 Å². The van der Waals surface area contributed by atoms with Crippen LogP contribution in [0, 0.1) is 0 Å². The Morgan fingerprint density at radius 2 is 1.77 bits per heavy atom. The number of hydrogen-bond donors (Lipinski definition) is 2.